The number of sulfonamides is 1. The van der Waals surface area contributed by atoms with E-state index in [1.165, 1.54) is 35.2 Å². The summed E-state index contributed by atoms with van der Waals surface area (Å²) in [5, 5.41) is 3.40. The van der Waals surface area contributed by atoms with Crippen LogP contribution in [0.1, 0.15) is 31.4 Å². The SMILES string of the molecule is CC[C@@H](C)NC(=O)[C@H](Cc1ccccc1)N(Cc1ccc(Br)cc1)C(=O)CN(c1ccc(Cl)cc1Cl)S(=O)(=O)c1ccccc1. The molecule has 4 rings (SSSR count). The molecule has 45 heavy (non-hydrogen) atoms. The Hall–Kier alpha value is -3.37. The summed E-state index contributed by atoms with van der Waals surface area (Å²) in [6, 6.07) is 28.0. The molecule has 0 unspecified atom stereocenters. The maximum absolute atomic E-state index is 14.5. The third-order valence-electron chi connectivity index (χ3n) is 7.33. The first-order valence-electron chi connectivity index (χ1n) is 14.4. The third-order valence-corrected chi connectivity index (χ3v) is 10.2. The zero-order valence-corrected chi connectivity index (χ0v) is 28.8. The number of rotatable bonds is 13. The predicted octanol–water partition coefficient (Wildman–Crippen LogP) is 7.51. The molecule has 2 amide bonds. The number of hydrogen-bond donors (Lipinski definition) is 1. The molecule has 0 saturated heterocycles. The number of anilines is 1. The molecule has 0 spiro atoms. The minimum absolute atomic E-state index is 0.0152. The number of nitrogens with one attached hydrogen (secondary N) is 1. The van der Waals surface area contributed by atoms with Gasteiger partial charge in [0.05, 0.1) is 15.6 Å². The van der Waals surface area contributed by atoms with Crippen LogP contribution >= 0.6 is 39.1 Å². The Morgan fingerprint density at radius 2 is 1.49 bits per heavy atom. The summed E-state index contributed by atoms with van der Waals surface area (Å²) >= 11 is 16.1. The van der Waals surface area contributed by atoms with Gasteiger partial charge < -0.3 is 10.2 Å². The largest absolute Gasteiger partial charge is 0.352 e. The number of amides is 2. The fourth-order valence-corrected chi connectivity index (χ4v) is 6.98. The molecule has 0 saturated carbocycles. The molecular formula is C34H34BrCl2N3O4S. The molecule has 11 heteroatoms. The van der Waals surface area contributed by atoms with E-state index in [4.69, 9.17) is 23.2 Å². The topological polar surface area (TPSA) is 86.8 Å². The Morgan fingerprint density at radius 3 is 2.09 bits per heavy atom. The third kappa shape index (κ3) is 9.10. The van der Waals surface area contributed by atoms with Crippen LogP contribution in [-0.2, 0) is 32.6 Å². The molecule has 2 atom stereocenters. The summed E-state index contributed by atoms with van der Waals surface area (Å²) < 4.78 is 30.0. The van der Waals surface area contributed by atoms with E-state index in [1.807, 2.05) is 68.4 Å². The van der Waals surface area contributed by atoms with Crippen molar-refractivity contribution in [3.63, 3.8) is 0 Å². The van der Waals surface area contributed by atoms with Crippen LogP contribution in [0.5, 0.6) is 0 Å². The molecule has 0 aliphatic heterocycles. The molecular weight excluding hydrogens is 697 g/mol. The van der Waals surface area contributed by atoms with Crippen LogP contribution in [0.25, 0.3) is 0 Å². The van der Waals surface area contributed by atoms with Crippen LogP contribution in [0, 0.1) is 0 Å². The van der Waals surface area contributed by atoms with Crippen molar-refractivity contribution in [3.05, 3.63) is 129 Å². The van der Waals surface area contributed by atoms with Gasteiger partial charge in [0.1, 0.15) is 12.6 Å². The Morgan fingerprint density at radius 1 is 0.867 bits per heavy atom. The van der Waals surface area contributed by atoms with Crippen molar-refractivity contribution in [2.24, 2.45) is 0 Å². The molecule has 236 valence electrons. The normalized spacial score (nSPS) is 12.6. The van der Waals surface area contributed by atoms with Crippen molar-refractivity contribution >= 4 is 66.7 Å². The summed E-state index contributed by atoms with van der Waals surface area (Å²) in [6.45, 7) is 3.31. The van der Waals surface area contributed by atoms with E-state index in [2.05, 4.69) is 21.2 Å². The van der Waals surface area contributed by atoms with Gasteiger partial charge in [-0.2, -0.15) is 0 Å². The summed E-state index contributed by atoms with van der Waals surface area (Å²) in [7, 11) is -4.27. The molecule has 7 nitrogen and oxygen atoms in total. The molecule has 0 radical (unpaired) electrons. The molecule has 0 aliphatic rings. The first-order chi connectivity index (χ1) is 21.5. The molecule has 4 aromatic carbocycles. The zero-order valence-electron chi connectivity index (χ0n) is 24.9. The van der Waals surface area contributed by atoms with E-state index in [9.17, 15) is 18.0 Å². The molecule has 0 aromatic heterocycles. The second-order valence-corrected chi connectivity index (χ2v) is 14.2. The highest BCUT2D eigenvalue weighted by atomic mass is 79.9. The first-order valence-corrected chi connectivity index (χ1v) is 17.4. The van der Waals surface area contributed by atoms with Crippen LogP contribution in [0.15, 0.2) is 112 Å². The van der Waals surface area contributed by atoms with Gasteiger partial charge in [0.2, 0.25) is 11.8 Å². The number of carbonyl (C=O) groups excluding carboxylic acids is 2. The van der Waals surface area contributed by atoms with E-state index in [0.717, 1.165) is 19.9 Å². The lowest BCUT2D eigenvalue weighted by Gasteiger charge is -2.34. The average molecular weight is 732 g/mol. The van der Waals surface area contributed by atoms with E-state index in [1.54, 1.807) is 18.2 Å². The number of carbonyl (C=O) groups is 2. The van der Waals surface area contributed by atoms with Gasteiger partial charge >= 0.3 is 0 Å². The van der Waals surface area contributed by atoms with Crippen LogP contribution in [-0.4, -0.2) is 43.8 Å². The van der Waals surface area contributed by atoms with Gasteiger partial charge in [-0.25, -0.2) is 8.42 Å². The predicted molar refractivity (Wildman–Crippen MR) is 184 cm³/mol. The van der Waals surface area contributed by atoms with Crippen LogP contribution < -0.4 is 9.62 Å². The number of hydrogen-bond acceptors (Lipinski definition) is 4. The lowest BCUT2D eigenvalue weighted by atomic mass is 10.0. The molecule has 0 aliphatic carbocycles. The monoisotopic (exact) mass is 729 g/mol. The molecule has 0 heterocycles. The molecule has 0 bridgehead atoms. The quantitative estimate of drug-likeness (QED) is 0.154. The van der Waals surface area contributed by atoms with Crippen LogP contribution in [0.3, 0.4) is 0 Å². The van der Waals surface area contributed by atoms with Crippen molar-refractivity contribution < 1.29 is 18.0 Å². The average Bonchev–Trinajstić information content (AvgIpc) is 3.03. The van der Waals surface area contributed by atoms with Crippen molar-refractivity contribution in [1.29, 1.82) is 0 Å². The minimum Gasteiger partial charge on any atom is -0.352 e. The molecule has 1 N–H and O–H groups in total. The smallest absolute Gasteiger partial charge is 0.264 e. The summed E-state index contributed by atoms with van der Waals surface area (Å²) in [4.78, 5) is 29.8. The maximum atomic E-state index is 14.5. The second kappa shape index (κ2) is 15.8. The minimum atomic E-state index is -4.27. The van der Waals surface area contributed by atoms with E-state index < -0.39 is 28.5 Å². The summed E-state index contributed by atoms with van der Waals surface area (Å²) in [5.41, 5.74) is 1.71. The van der Waals surface area contributed by atoms with Crippen LogP contribution in [0.2, 0.25) is 10.0 Å². The van der Waals surface area contributed by atoms with E-state index in [-0.39, 0.29) is 40.5 Å². The fourth-order valence-electron chi connectivity index (χ4n) is 4.70. The second-order valence-electron chi connectivity index (χ2n) is 10.6. The Kier molecular flexibility index (Phi) is 12.1. The van der Waals surface area contributed by atoms with E-state index >= 15 is 0 Å². The van der Waals surface area contributed by atoms with Gasteiger partial charge in [-0.05, 0) is 66.9 Å². The highest BCUT2D eigenvalue weighted by Gasteiger charge is 2.35. The molecule has 4 aromatic rings. The summed E-state index contributed by atoms with van der Waals surface area (Å²) in [5.74, 6) is -0.913. The van der Waals surface area contributed by atoms with Gasteiger partial charge in [0.15, 0.2) is 0 Å². The standard InChI is InChI=1S/C34H34BrCl2N3O4S/c1-3-24(2)38-34(42)32(20-25-10-6-4-7-11-25)39(22-26-14-16-27(35)17-15-26)33(41)23-40(31-19-18-28(36)21-30(31)37)45(43,44)29-12-8-5-9-13-29/h4-19,21,24,32H,3,20,22-23H2,1-2H3,(H,38,42)/t24-,32+/m1/s1. The molecule has 0 fully saturated rings. The Balaban J connectivity index is 1.82. The lowest BCUT2D eigenvalue weighted by molar-refractivity contribution is -0.140. The highest BCUT2D eigenvalue weighted by molar-refractivity contribution is 9.10. The van der Waals surface area contributed by atoms with E-state index in [0.29, 0.717) is 11.4 Å². The van der Waals surface area contributed by atoms with Crippen molar-refractivity contribution in [3.8, 4) is 0 Å². The van der Waals surface area contributed by atoms with Gasteiger partial charge in [-0.15, -0.1) is 0 Å². The maximum Gasteiger partial charge on any atom is 0.264 e. The van der Waals surface area contributed by atoms with Gasteiger partial charge in [-0.1, -0.05) is 107 Å². The number of benzene rings is 4. The Labute approximate surface area is 283 Å². The van der Waals surface area contributed by atoms with Gasteiger partial charge in [-0.3, -0.25) is 13.9 Å². The van der Waals surface area contributed by atoms with Crippen molar-refractivity contribution in [2.75, 3.05) is 10.8 Å². The number of halogens is 3. The van der Waals surface area contributed by atoms with Crippen molar-refractivity contribution in [2.45, 2.75) is 50.2 Å². The van der Waals surface area contributed by atoms with Crippen LogP contribution in [0.4, 0.5) is 5.69 Å². The van der Waals surface area contributed by atoms with Gasteiger partial charge in [0, 0.05) is 28.5 Å². The number of nitrogens with zero attached hydrogens (tertiary/aromatic N) is 2. The lowest BCUT2D eigenvalue weighted by Crippen LogP contribution is -2.54. The fraction of sp³-hybridized carbons (Fsp3) is 0.235. The zero-order chi connectivity index (χ0) is 32.6. The summed E-state index contributed by atoms with van der Waals surface area (Å²) in [6.07, 6.45) is 0.918. The Bertz CT molecular complexity index is 1710. The first kappa shape index (κ1) is 34.5. The highest BCUT2D eigenvalue weighted by Crippen LogP contribution is 2.33. The van der Waals surface area contributed by atoms with Gasteiger partial charge in [0.25, 0.3) is 10.0 Å². The van der Waals surface area contributed by atoms with Crippen molar-refractivity contribution in [1.82, 2.24) is 10.2 Å².